The lowest BCUT2D eigenvalue weighted by atomic mass is 9.95. The largest absolute Gasteiger partial charge is 0.497 e. The van der Waals surface area contributed by atoms with Crippen molar-refractivity contribution in [1.29, 1.82) is 0 Å². The molecule has 1 aliphatic heterocycles. The van der Waals surface area contributed by atoms with E-state index in [0.717, 1.165) is 5.56 Å². The molecule has 0 radical (unpaired) electrons. The Morgan fingerprint density at radius 2 is 1.72 bits per heavy atom. The molecule has 0 unspecified atom stereocenters. The molecule has 0 fully saturated rings. The van der Waals surface area contributed by atoms with Crippen LogP contribution in [0, 0.1) is 0 Å². The lowest BCUT2D eigenvalue weighted by molar-refractivity contribution is -0.113. The third-order valence-electron chi connectivity index (χ3n) is 7.51. The third kappa shape index (κ3) is 6.24. The minimum atomic E-state index is -0.993. The Labute approximate surface area is 268 Å². The number of rotatable bonds is 9. The van der Waals surface area contributed by atoms with Crippen molar-refractivity contribution in [2.45, 2.75) is 19.6 Å². The number of carboxylic acid groups (broad SMARTS) is 1. The molecule has 230 valence electrons. The van der Waals surface area contributed by atoms with Crippen molar-refractivity contribution in [3.8, 4) is 11.5 Å². The molecule has 0 bridgehead atoms. The molecular formula is C36H29N3O6S. The molecule has 2 N–H and O–H groups in total. The fourth-order valence-electron chi connectivity index (χ4n) is 5.24. The second-order valence-electron chi connectivity index (χ2n) is 10.5. The highest BCUT2D eigenvalue weighted by Crippen LogP contribution is 2.32. The van der Waals surface area contributed by atoms with Gasteiger partial charge in [0, 0.05) is 11.3 Å². The van der Waals surface area contributed by atoms with Crippen molar-refractivity contribution in [3.63, 3.8) is 0 Å². The molecule has 6 rings (SSSR count). The van der Waals surface area contributed by atoms with E-state index in [1.54, 1.807) is 48.9 Å². The maximum Gasteiger partial charge on any atom is 0.335 e. The SMILES string of the molecule is COc1cccc([C@@H]2C(C(=O)Nc3ccccc3)=C(C)N=c3s/c(=C\c4ccccc4OCc4ccc(C(=O)O)cc4)c(=O)n32)c1. The minimum absolute atomic E-state index is 0.197. The van der Waals surface area contributed by atoms with Crippen LogP contribution in [0.25, 0.3) is 6.08 Å². The number of carbonyl (C=O) groups is 2. The average molecular weight is 632 g/mol. The quantitative estimate of drug-likeness (QED) is 0.232. The Hall–Kier alpha value is -5.74. The van der Waals surface area contributed by atoms with E-state index >= 15 is 0 Å². The number of hydrogen-bond acceptors (Lipinski definition) is 7. The number of hydrogen-bond donors (Lipinski definition) is 2. The summed E-state index contributed by atoms with van der Waals surface area (Å²) in [6.45, 7) is 1.98. The average Bonchev–Trinajstić information content (AvgIpc) is 3.37. The van der Waals surface area contributed by atoms with Crippen molar-refractivity contribution in [3.05, 3.63) is 156 Å². The topological polar surface area (TPSA) is 119 Å². The van der Waals surface area contributed by atoms with Crippen molar-refractivity contribution >= 4 is 35.0 Å². The number of aromatic nitrogens is 1. The van der Waals surface area contributed by atoms with Gasteiger partial charge in [0.1, 0.15) is 18.1 Å². The van der Waals surface area contributed by atoms with E-state index in [9.17, 15) is 14.4 Å². The Balaban J connectivity index is 1.40. The molecule has 1 amide bonds. The maximum atomic E-state index is 14.2. The van der Waals surface area contributed by atoms with Gasteiger partial charge in [-0.1, -0.05) is 72.0 Å². The lowest BCUT2D eigenvalue weighted by Gasteiger charge is -2.25. The van der Waals surface area contributed by atoms with E-state index < -0.39 is 12.0 Å². The highest BCUT2D eigenvalue weighted by molar-refractivity contribution is 7.07. The van der Waals surface area contributed by atoms with Crippen molar-refractivity contribution in [1.82, 2.24) is 4.57 Å². The zero-order valence-corrected chi connectivity index (χ0v) is 25.8. The number of aromatic carboxylic acids is 1. The van der Waals surface area contributed by atoms with Crippen LogP contribution in [0.2, 0.25) is 0 Å². The Bertz CT molecular complexity index is 2150. The first-order valence-corrected chi connectivity index (χ1v) is 15.2. The highest BCUT2D eigenvalue weighted by atomic mass is 32.1. The minimum Gasteiger partial charge on any atom is -0.497 e. The number of methoxy groups -OCH3 is 1. The van der Waals surface area contributed by atoms with Crippen LogP contribution in [0.1, 0.15) is 40.0 Å². The van der Waals surface area contributed by atoms with Crippen molar-refractivity contribution in [2.24, 2.45) is 4.99 Å². The monoisotopic (exact) mass is 631 g/mol. The number of amides is 1. The van der Waals surface area contributed by atoms with E-state index in [2.05, 4.69) is 5.32 Å². The van der Waals surface area contributed by atoms with Gasteiger partial charge in [-0.25, -0.2) is 9.79 Å². The number of anilines is 1. The molecule has 0 aliphatic carbocycles. The summed E-state index contributed by atoms with van der Waals surface area (Å²) in [7, 11) is 1.57. The second-order valence-corrected chi connectivity index (χ2v) is 11.5. The van der Waals surface area contributed by atoms with Crippen LogP contribution in [0.5, 0.6) is 11.5 Å². The first-order valence-electron chi connectivity index (χ1n) is 14.4. The number of nitrogens with zero attached hydrogens (tertiary/aromatic N) is 2. The standard InChI is InChI=1S/C36H29N3O6S/c1-22-31(33(40)38-27-11-4-3-5-12-27)32(26-10-8-13-28(19-26)44-2)39-34(41)30(46-36(39)37-22)20-25-9-6-7-14-29(25)45-21-23-15-17-24(18-16-23)35(42)43/h3-20,32H,21H2,1-2H3,(H,38,40)(H,42,43)/b30-20-/t32-/m1/s1. The summed E-state index contributed by atoms with van der Waals surface area (Å²) in [6, 6.07) is 29.5. The first-order chi connectivity index (χ1) is 22.3. The molecule has 1 aliphatic rings. The number of nitrogens with one attached hydrogen (secondary N) is 1. The molecule has 0 spiro atoms. The van der Waals surface area contributed by atoms with Gasteiger partial charge in [-0.2, -0.15) is 0 Å². The molecular weight excluding hydrogens is 602 g/mol. The highest BCUT2D eigenvalue weighted by Gasteiger charge is 2.32. The summed E-state index contributed by atoms with van der Waals surface area (Å²) in [4.78, 5) is 44.3. The number of allylic oxidation sites excluding steroid dienone is 1. The molecule has 4 aromatic carbocycles. The molecule has 1 aromatic heterocycles. The predicted octanol–water partition coefficient (Wildman–Crippen LogP) is 5.16. The van der Waals surface area contributed by atoms with Gasteiger partial charge in [0.15, 0.2) is 4.80 Å². The summed E-state index contributed by atoms with van der Waals surface area (Å²) >= 11 is 1.23. The van der Waals surface area contributed by atoms with Gasteiger partial charge in [0.2, 0.25) is 0 Å². The van der Waals surface area contributed by atoms with Gasteiger partial charge >= 0.3 is 5.97 Å². The van der Waals surface area contributed by atoms with Gasteiger partial charge in [0.25, 0.3) is 11.5 Å². The smallest absolute Gasteiger partial charge is 0.335 e. The van der Waals surface area contributed by atoms with Crippen molar-refractivity contribution < 1.29 is 24.2 Å². The van der Waals surface area contributed by atoms with Gasteiger partial charge in [0.05, 0.1) is 34.5 Å². The number of carbonyl (C=O) groups excluding carboxylic acids is 1. The third-order valence-corrected chi connectivity index (χ3v) is 8.49. The van der Waals surface area contributed by atoms with E-state index in [1.807, 2.05) is 66.7 Å². The van der Waals surface area contributed by atoms with Gasteiger partial charge in [-0.15, -0.1) is 0 Å². The Morgan fingerprint density at radius 3 is 2.46 bits per heavy atom. The van der Waals surface area contributed by atoms with Crippen LogP contribution >= 0.6 is 11.3 Å². The molecule has 2 heterocycles. The van der Waals surface area contributed by atoms with Crippen LogP contribution in [0.4, 0.5) is 5.69 Å². The zero-order chi connectivity index (χ0) is 32.2. The number of carboxylic acids is 1. The van der Waals surface area contributed by atoms with E-state index in [0.29, 0.717) is 48.9 Å². The lowest BCUT2D eigenvalue weighted by Crippen LogP contribution is -2.40. The van der Waals surface area contributed by atoms with Crippen LogP contribution in [0.3, 0.4) is 0 Å². The summed E-state index contributed by atoms with van der Waals surface area (Å²) in [5, 5.41) is 12.1. The molecule has 0 saturated carbocycles. The number of benzene rings is 4. The molecule has 1 atom stereocenters. The normalized spacial score (nSPS) is 14.3. The number of thiazole rings is 1. The second kappa shape index (κ2) is 13.1. The predicted molar refractivity (Wildman–Crippen MR) is 176 cm³/mol. The molecule has 5 aromatic rings. The number of para-hydroxylation sites is 2. The molecule has 9 nitrogen and oxygen atoms in total. The summed E-state index contributed by atoms with van der Waals surface area (Å²) in [5.41, 5.74) is 3.58. The van der Waals surface area contributed by atoms with Crippen LogP contribution in [-0.4, -0.2) is 28.7 Å². The van der Waals surface area contributed by atoms with Crippen LogP contribution < -0.4 is 29.7 Å². The summed E-state index contributed by atoms with van der Waals surface area (Å²) in [5.74, 6) is -0.198. The van der Waals surface area contributed by atoms with Crippen LogP contribution in [0.15, 0.2) is 124 Å². The van der Waals surface area contributed by atoms with Gasteiger partial charge in [-0.3, -0.25) is 14.2 Å². The van der Waals surface area contributed by atoms with Gasteiger partial charge in [-0.05, 0) is 66.6 Å². The van der Waals surface area contributed by atoms with Crippen LogP contribution in [-0.2, 0) is 11.4 Å². The fourth-order valence-corrected chi connectivity index (χ4v) is 6.27. The Morgan fingerprint density at radius 1 is 0.978 bits per heavy atom. The molecule has 46 heavy (non-hydrogen) atoms. The Kier molecular flexibility index (Phi) is 8.62. The van der Waals surface area contributed by atoms with Crippen molar-refractivity contribution in [2.75, 3.05) is 12.4 Å². The molecule has 10 heteroatoms. The summed E-state index contributed by atoms with van der Waals surface area (Å²) < 4.78 is 13.6. The fraction of sp³-hybridized carbons (Fsp3) is 0.111. The summed E-state index contributed by atoms with van der Waals surface area (Å²) in [6.07, 6.45) is 1.76. The first kappa shape index (κ1) is 30.3. The number of ether oxygens (including phenoxy) is 2. The van der Waals surface area contributed by atoms with E-state index in [-0.39, 0.29) is 23.6 Å². The number of fused-ring (bicyclic) bond motifs is 1. The maximum absolute atomic E-state index is 14.2. The van der Waals surface area contributed by atoms with E-state index in [4.69, 9.17) is 19.6 Å². The van der Waals surface area contributed by atoms with E-state index in [1.165, 1.54) is 23.5 Å². The zero-order valence-electron chi connectivity index (χ0n) is 25.0. The van der Waals surface area contributed by atoms with Gasteiger partial charge < -0.3 is 19.9 Å². The molecule has 0 saturated heterocycles.